The number of carbonyl (C=O) groups is 1. The topological polar surface area (TPSA) is 128 Å². The van der Waals surface area contributed by atoms with Crippen molar-refractivity contribution in [1.82, 2.24) is 20.9 Å². The minimum absolute atomic E-state index is 0. The molecule has 10 heteroatoms. The van der Waals surface area contributed by atoms with Crippen LogP contribution in [0.3, 0.4) is 0 Å². The highest BCUT2D eigenvalue weighted by molar-refractivity contribution is 5.95. The summed E-state index contributed by atoms with van der Waals surface area (Å²) in [4.78, 5) is 11.8. The Balaban J connectivity index is 0.00000261. The molecule has 0 aliphatic carbocycles. The number of nitrogen functional groups attached to an aromatic ring is 1. The zero-order valence-electron chi connectivity index (χ0n) is 14.6. The Hall–Kier alpha value is -3.04. The maximum absolute atomic E-state index is 11.8. The van der Waals surface area contributed by atoms with Gasteiger partial charge in [0, 0.05) is 18.7 Å². The van der Waals surface area contributed by atoms with Gasteiger partial charge in [0.1, 0.15) is 17.3 Å². The molecule has 0 saturated heterocycles. The van der Waals surface area contributed by atoms with Gasteiger partial charge in [-0.3, -0.25) is 4.79 Å². The first-order valence-electron chi connectivity index (χ1n) is 7.97. The molecule has 2 heterocycles. The number of carbonyl (C=O) groups excluding carboxylic acids is 1. The van der Waals surface area contributed by atoms with E-state index in [1.54, 1.807) is 7.11 Å². The molecule has 0 radical (unpaired) electrons. The van der Waals surface area contributed by atoms with E-state index in [0.29, 0.717) is 19.6 Å². The van der Waals surface area contributed by atoms with E-state index in [1.165, 1.54) is 0 Å². The summed E-state index contributed by atoms with van der Waals surface area (Å²) in [7, 11) is 1.63. The largest absolute Gasteiger partial charge is 1.00 e. The number of nitrogens with zero attached hydrogens (tertiary/aromatic N) is 2. The number of methoxy groups -OCH3 is 1. The molecule has 0 bridgehead atoms. The van der Waals surface area contributed by atoms with Crippen LogP contribution in [0.2, 0.25) is 0 Å². The Morgan fingerprint density at radius 1 is 1.22 bits per heavy atom. The van der Waals surface area contributed by atoms with E-state index in [0.717, 1.165) is 22.8 Å². The van der Waals surface area contributed by atoms with Gasteiger partial charge in [-0.25, -0.2) is 4.63 Å². The van der Waals surface area contributed by atoms with Crippen molar-refractivity contribution in [1.29, 1.82) is 0 Å². The number of nitrogens with one attached hydrogen (secondary N) is 2. The van der Waals surface area contributed by atoms with Crippen LogP contribution in [0, 0.1) is 0 Å². The normalized spacial score (nSPS) is 10.3. The quantitative estimate of drug-likeness (QED) is 0.393. The van der Waals surface area contributed by atoms with Gasteiger partial charge in [-0.15, -0.1) is 0 Å². The second kappa shape index (κ2) is 9.60. The van der Waals surface area contributed by atoms with Crippen LogP contribution in [0.4, 0.5) is 5.82 Å². The monoisotopic (exact) mass is 392 g/mol. The molecule has 4 N–H and O–H groups in total. The smallest absolute Gasteiger partial charge is 0.277 e. The molecule has 3 rings (SSSR count). The zero-order valence-corrected chi connectivity index (χ0v) is 15.3. The molecule has 0 aliphatic rings. The molecule has 0 aliphatic heterocycles. The lowest BCUT2D eigenvalue weighted by Gasteiger charge is -2.04. The third kappa shape index (κ3) is 5.22. The van der Waals surface area contributed by atoms with E-state index in [9.17, 15) is 4.79 Å². The minimum Gasteiger partial charge on any atom is -1.00 e. The standard InChI is InChI=1S/C17H19N5O4.ClH/c1-24-12-4-2-3-11(9-12)14-6-5-13(25-14)10-19-7-8-20-17(23)15-16(18)22-26-21-15;/h2-6,9,19H,7-8,10H2,1H3,(H2,18,22)(H,20,23);1H/p-1. The van der Waals surface area contributed by atoms with Crippen LogP contribution in [0.1, 0.15) is 16.2 Å². The van der Waals surface area contributed by atoms with Gasteiger partial charge in [0.2, 0.25) is 11.5 Å². The van der Waals surface area contributed by atoms with Crippen LogP contribution in [0.15, 0.2) is 45.4 Å². The van der Waals surface area contributed by atoms with Crippen LogP contribution >= 0.6 is 0 Å². The zero-order chi connectivity index (χ0) is 18.4. The van der Waals surface area contributed by atoms with Crippen molar-refractivity contribution in [3.63, 3.8) is 0 Å². The highest BCUT2D eigenvalue weighted by atomic mass is 35.5. The lowest BCUT2D eigenvalue weighted by Crippen LogP contribution is -3.00. The molecule has 3 aromatic rings. The van der Waals surface area contributed by atoms with E-state index < -0.39 is 5.91 Å². The maximum Gasteiger partial charge on any atom is 0.277 e. The molecule has 0 unspecified atom stereocenters. The van der Waals surface area contributed by atoms with Crippen molar-refractivity contribution in [3.8, 4) is 17.1 Å². The number of ether oxygens (including phenoxy) is 1. The summed E-state index contributed by atoms with van der Waals surface area (Å²) in [5.41, 5.74) is 6.38. The molecule has 1 aromatic carbocycles. The van der Waals surface area contributed by atoms with Crippen molar-refractivity contribution >= 4 is 11.7 Å². The number of benzene rings is 1. The van der Waals surface area contributed by atoms with E-state index >= 15 is 0 Å². The first-order valence-corrected chi connectivity index (χ1v) is 7.97. The number of nitrogens with two attached hydrogens (primary N) is 1. The molecule has 2 aromatic heterocycles. The number of hydrogen-bond acceptors (Lipinski definition) is 8. The van der Waals surface area contributed by atoms with Gasteiger partial charge in [-0.05, 0) is 34.6 Å². The molecule has 144 valence electrons. The third-order valence-corrected chi connectivity index (χ3v) is 3.63. The van der Waals surface area contributed by atoms with Crippen molar-refractivity contribution in [2.45, 2.75) is 6.54 Å². The molecule has 0 fully saturated rings. The van der Waals surface area contributed by atoms with E-state index in [-0.39, 0.29) is 23.9 Å². The van der Waals surface area contributed by atoms with Gasteiger partial charge in [0.05, 0.1) is 13.7 Å². The highest BCUT2D eigenvalue weighted by Crippen LogP contribution is 2.25. The fourth-order valence-electron chi connectivity index (χ4n) is 2.32. The Morgan fingerprint density at radius 2 is 2.07 bits per heavy atom. The van der Waals surface area contributed by atoms with Gasteiger partial charge in [0.15, 0.2) is 0 Å². The first kappa shape index (κ1) is 20.3. The van der Waals surface area contributed by atoms with Gasteiger partial charge in [0.25, 0.3) is 5.91 Å². The number of hydrogen-bond donors (Lipinski definition) is 3. The lowest BCUT2D eigenvalue weighted by atomic mass is 10.2. The lowest BCUT2D eigenvalue weighted by molar-refractivity contribution is -0.0000151. The number of aromatic nitrogens is 2. The average molecular weight is 393 g/mol. The fourth-order valence-corrected chi connectivity index (χ4v) is 2.32. The third-order valence-electron chi connectivity index (χ3n) is 3.63. The number of anilines is 1. The molecular formula is C17H19ClN5O4-. The summed E-state index contributed by atoms with van der Waals surface area (Å²) < 4.78 is 15.4. The SMILES string of the molecule is COc1cccc(-c2ccc(CNCCNC(=O)c3nonc3N)o2)c1.[Cl-]. The van der Waals surface area contributed by atoms with Crippen LogP contribution in [0.25, 0.3) is 11.3 Å². The van der Waals surface area contributed by atoms with E-state index in [1.807, 2.05) is 36.4 Å². The van der Waals surface area contributed by atoms with E-state index in [2.05, 4.69) is 25.6 Å². The van der Waals surface area contributed by atoms with Gasteiger partial charge in [-0.1, -0.05) is 12.1 Å². The Morgan fingerprint density at radius 3 is 2.81 bits per heavy atom. The van der Waals surface area contributed by atoms with Crippen LogP contribution in [0.5, 0.6) is 5.75 Å². The molecule has 0 atom stereocenters. The molecule has 0 spiro atoms. The van der Waals surface area contributed by atoms with Crippen molar-refractivity contribution in [3.05, 3.63) is 47.9 Å². The molecular weight excluding hydrogens is 374 g/mol. The van der Waals surface area contributed by atoms with Crippen LogP contribution < -0.4 is 33.5 Å². The predicted octanol–water partition coefficient (Wildman–Crippen LogP) is -1.56. The minimum atomic E-state index is -0.427. The molecule has 0 saturated carbocycles. The number of furan rings is 1. The number of rotatable bonds is 8. The summed E-state index contributed by atoms with van der Waals surface area (Å²) >= 11 is 0. The molecule has 9 nitrogen and oxygen atoms in total. The second-order valence-electron chi connectivity index (χ2n) is 5.43. The summed E-state index contributed by atoms with van der Waals surface area (Å²) in [5.74, 6) is 1.87. The van der Waals surface area contributed by atoms with Gasteiger partial charge >= 0.3 is 0 Å². The highest BCUT2D eigenvalue weighted by Gasteiger charge is 2.14. The average Bonchev–Trinajstić information content (AvgIpc) is 3.30. The van der Waals surface area contributed by atoms with Gasteiger partial charge < -0.3 is 37.9 Å². The number of amides is 1. The van der Waals surface area contributed by atoms with Crippen molar-refractivity contribution in [2.75, 3.05) is 25.9 Å². The fraction of sp³-hybridized carbons (Fsp3) is 0.235. The predicted molar refractivity (Wildman–Crippen MR) is 93.4 cm³/mol. The summed E-state index contributed by atoms with van der Waals surface area (Å²) in [5, 5.41) is 12.6. The molecule has 1 amide bonds. The first-order chi connectivity index (χ1) is 12.7. The Labute approximate surface area is 161 Å². The molecule has 27 heavy (non-hydrogen) atoms. The van der Waals surface area contributed by atoms with Crippen LogP contribution in [-0.4, -0.2) is 36.4 Å². The van der Waals surface area contributed by atoms with Gasteiger partial charge in [-0.2, -0.15) is 0 Å². The summed E-state index contributed by atoms with van der Waals surface area (Å²) in [6, 6.07) is 11.5. The van der Waals surface area contributed by atoms with Crippen LogP contribution in [-0.2, 0) is 6.54 Å². The summed E-state index contributed by atoms with van der Waals surface area (Å²) in [6.45, 7) is 1.48. The second-order valence-corrected chi connectivity index (χ2v) is 5.43. The maximum atomic E-state index is 11.8. The van der Waals surface area contributed by atoms with E-state index in [4.69, 9.17) is 14.9 Å². The number of halogens is 1. The Kier molecular flexibility index (Phi) is 7.21. The van der Waals surface area contributed by atoms with Crippen molar-refractivity contribution < 1.29 is 31.0 Å². The van der Waals surface area contributed by atoms with Crippen molar-refractivity contribution in [2.24, 2.45) is 0 Å². The summed E-state index contributed by atoms with van der Waals surface area (Å²) in [6.07, 6.45) is 0. The Bertz CT molecular complexity index is 880.